The van der Waals surface area contributed by atoms with E-state index in [9.17, 15) is 4.79 Å². The van der Waals surface area contributed by atoms with Crippen LogP contribution in [0.25, 0.3) is 0 Å². The van der Waals surface area contributed by atoms with Crippen LogP contribution in [0.15, 0.2) is 0 Å². The van der Waals surface area contributed by atoms with Gasteiger partial charge in [0, 0.05) is 5.54 Å². The highest BCUT2D eigenvalue weighted by Crippen LogP contribution is 2.41. The summed E-state index contributed by atoms with van der Waals surface area (Å²) < 4.78 is 0. The Hall–Kier alpha value is -0.530. The molecule has 2 atom stereocenters. The monoisotopic (exact) mass is 125 g/mol. The van der Waals surface area contributed by atoms with Crippen LogP contribution >= 0.6 is 0 Å². The fraction of sp³-hybridized carbons (Fsp3) is 0.857. The zero-order chi connectivity index (χ0) is 6.48. The lowest BCUT2D eigenvalue weighted by Crippen LogP contribution is -2.64. The first-order chi connectivity index (χ1) is 4.22. The summed E-state index contributed by atoms with van der Waals surface area (Å²) >= 11 is 0. The number of fused-ring (bicyclic) bond motifs is 1. The van der Waals surface area contributed by atoms with Gasteiger partial charge in [0.25, 0.3) is 0 Å². The smallest absolute Gasteiger partial charge is 0.225 e. The molecule has 0 unspecified atom stereocenters. The SMILES string of the molecule is C[C@]12CCC[C@H]1C(=O)N2. The Morgan fingerprint density at radius 1 is 1.78 bits per heavy atom. The van der Waals surface area contributed by atoms with Gasteiger partial charge in [0.05, 0.1) is 5.92 Å². The number of rotatable bonds is 0. The van der Waals surface area contributed by atoms with Crippen molar-refractivity contribution >= 4 is 5.91 Å². The van der Waals surface area contributed by atoms with Crippen LogP contribution in [0.4, 0.5) is 0 Å². The lowest BCUT2D eigenvalue weighted by molar-refractivity contribution is -0.138. The Kier molecular flexibility index (Phi) is 0.765. The number of nitrogens with one attached hydrogen (secondary N) is 1. The number of carbonyl (C=O) groups excluding carboxylic acids is 1. The van der Waals surface area contributed by atoms with E-state index in [4.69, 9.17) is 0 Å². The maximum Gasteiger partial charge on any atom is 0.225 e. The molecular weight excluding hydrogens is 114 g/mol. The van der Waals surface area contributed by atoms with Gasteiger partial charge in [0.1, 0.15) is 0 Å². The zero-order valence-corrected chi connectivity index (χ0v) is 5.61. The second kappa shape index (κ2) is 1.31. The summed E-state index contributed by atoms with van der Waals surface area (Å²) in [5.74, 6) is 0.632. The first-order valence-electron chi connectivity index (χ1n) is 3.54. The minimum absolute atomic E-state index is 0.205. The molecule has 0 bridgehead atoms. The van der Waals surface area contributed by atoms with E-state index in [1.807, 2.05) is 0 Å². The van der Waals surface area contributed by atoms with E-state index < -0.39 is 0 Å². The first kappa shape index (κ1) is 5.27. The molecule has 50 valence electrons. The normalized spacial score (nSPS) is 47.7. The number of β-lactam (4-membered cyclic amide) rings is 1. The number of carbonyl (C=O) groups is 1. The van der Waals surface area contributed by atoms with Crippen LogP contribution in [0.2, 0.25) is 0 Å². The van der Waals surface area contributed by atoms with Crippen LogP contribution < -0.4 is 5.32 Å². The second-order valence-electron chi connectivity index (χ2n) is 3.35. The van der Waals surface area contributed by atoms with Gasteiger partial charge in [-0.1, -0.05) is 6.42 Å². The summed E-state index contributed by atoms with van der Waals surface area (Å²) in [6.45, 7) is 2.14. The van der Waals surface area contributed by atoms with Crippen LogP contribution in [-0.4, -0.2) is 11.4 Å². The van der Waals surface area contributed by atoms with Crippen molar-refractivity contribution in [3.63, 3.8) is 0 Å². The van der Waals surface area contributed by atoms with Crippen molar-refractivity contribution in [2.75, 3.05) is 0 Å². The highest BCUT2D eigenvalue weighted by Gasteiger charge is 2.52. The largest absolute Gasteiger partial charge is 0.350 e. The number of hydrogen-bond donors (Lipinski definition) is 1. The van der Waals surface area contributed by atoms with Crippen LogP contribution in [-0.2, 0) is 4.79 Å². The Balaban J connectivity index is 2.21. The fourth-order valence-electron chi connectivity index (χ4n) is 2.03. The summed E-state index contributed by atoms with van der Waals surface area (Å²) in [6, 6.07) is 0. The molecule has 9 heavy (non-hydrogen) atoms. The molecule has 1 heterocycles. The van der Waals surface area contributed by atoms with Crippen molar-refractivity contribution in [1.29, 1.82) is 0 Å². The van der Waals surface area contributed by atoms with E-state index in [1.54, 1.807) is 0 Å². The molecule has 1 aliphatic carbocycles. The van der Waals surface area contributed by atoms with Crippen molar-refractivity contribution in [2.24, 2.45) is 5.92 Å². The minimum Gasteiger partial charge on any atom is -0.350 e. The summed E-state index contributed by atoms with van der Waals surface area (Å²) in [5, 5.41) is 2.94. The molecule has 0 radical (unpaired) electrons. The molecule has 2 fully saturated rings. The van der Waals surface area contributed by atoms with E-state index in [2.05, 4.69) is 12.2 Å². The average molecular weight is 125 g/mol. The Morgan fingerprint density at radius 2 is 2.56 bits per heavy atom. The highest BCUT2D eigenvalue weighted by atomic mass is 16.2. The molecule has 1 N–H and O–H groups in total. The molecule has 1 amide bonds. The summed E-state index contributed by atoms with van der Waals surface area (Å²) in [6.07, 6.45) is 3.52. The van der Waals surface area contributed by atoms with Crippen LogP contribution in [0.5, 0.6) is 0 Å². The van der Waals surface area contributed by atoms with Gasteiger partial charge in [-0.05, 0) is 19.8 Å². The molecule has 2 aliphatic rings. The van der Waals surface area contributed by atoms with Crippen molar-refractivity contribution in [3.8, 4) is 0 Å². The molecule has 0 aromatic heterocycles. The second-order valence-corrected chi connectivity index (χ2v) is 3.35. The van der Waals surface area contributed by atoms with E-state index in [0.717, 1.165) is 6.42 Å². The van der Waals surface area contributed by atoms with Crippen LogP contribution in [0.3, 0.4) is 0 Å². The van der Waals surface area contributed by atoms with Crippen molar-refractivity contribution in [2.45, 2.75) is 31.7 Å². The quantitative estimate of drug-likeness (QED) is 0.474. The van der Waals surface area contributed by atoms with E-state index in [0.29, 0.717) is 5.92 Å². The van der Waals surface area contributed by atoms with Crippen molar-refractivity contribution in [3.05, 3.63) is 0 Å². The molecule has 1 aliphatic heterocycles. The average Bonchev–Trinajstić information content (AvgIpc) is 2.06. The van der Waals surface area contributed by atoms with Gasteiger partial charge in [-0.3, -0.25) is 4.79 Å². The molecule has 2 rings (SSSR count). The van der Waals surface area contributed by atoms with E-state index >= 15 is 0 Å². The van der Waals surface area contributed by atoms with Crippen molar-refractivity contribution in [1.82, 2.24) is 5.32 Å². The van der Waals surface area contributed by atoms with Gasteiger partial charge in [0.2, 0.25) is 5.91 Å². The molecule has 0 aromatic rings. The molecule has 2 heteroatoms. The number of hydrogen-bond acceptors (Lipinski definition) is 1. The molecule has 2 nitrogen and oxygen atoms in total. The highest BCUT2D eigenvalue weighted by molar-refractivity contribution is 5.88. The minimum atomic E-state index is 0.205. The van der Waals surface area contributed by atoms with Crippen LogP contribution in [0.1, 0.15) is 26.2 Å². The maximum atomic E-state index is 10.8. The van der Waals surface area contributed by atoms with Gasteiger partial charge in [-0.15, -0.1) is 0 Å². The molecule has 0 spiro atoms. The standard InChI is InChI=1S/C7H11NO/c1-7-4-2-3-5(7)6(9)8-7/h5H,2-4H2,1H3,(H,8,9)/t5-,7-/m0/s1. The maximum absolute atomic E-state index is 10.8. The first-order valence-corrected chi connectivity index (χ1v) is 3.54. The molecular formula is C7H11NO. The third-order valence-electron chi connectivity index (χ3n) is 2.68. The predicted octanol–water partition coefficient (Wildman–Crippen LogP) is 0.675. The van der Waals surface area contributed by atoms with Crippen molar-refractivity contribution < 1.29 is 4.79 Å². The third kappa shape index (κ3) is 0.485. The topological polar surface area (TPSA) is 29.1 Å². The van der Waals surface area contributed by atoms with E-state index in [-0.39, 0.29) is 11.4 Å². The van der Waals surface area contributed by atoms with Gasteiger partial charge < -0.3 is 5.32 Å². The van der Waals surface area contributed by atoms with E-state index in [1.165, 1.54) is 12.8 Å². The Morgan fingerprint density at radius 3 is 3.00 bits per heavy atom. The summed E-state index contributed by atoms with van der Waals surface area (Å²) in [7, 11) is 0. The number of amides is 1. The summed E-state index contributed by atoms with van der Waals surface area (Å²) in [5.41, 5.74) is 0.205. The predicted molar refractivity (Wildman–Crippen MR) is 33.9 cm³/mol. The van der Waals surface area contributed by atoms with Gasteiger partial charge >= 0.3 is 0 Å². The lowest BCUT2D eigenvalue weighted by atomic mass is 9.80. The lowest BCUT2D eigenvalue weighted by Gasteiger charge is -2.42. The molecule has 1 saturated heterocycles. The Bertz CT molecular complexity index is 166. The fourth-order valence-corrected chi connectivity index (χ4v) is 2.03. The van der Waals surface area contributed by atoms with Gasteiger partial charge in [-0.25, -0.2) is 0 Å². The third-order valence-corrected chi connectivity index (χ3v) is 2.68. The Labute approximate surface area is 54.6 Å². The summed E-state index contributed by atoms with van der Waals surface area (Å²) in [4.78, 5) is 10.8. The zero-order valence-electron chi connectivity index (χ0n) is 5.61. The van der Waals surface area contributed by atoms with Gasteiger partial charge in [-0.2, -0.15) is 0 Å². The van der Waals surface area contributed by atoms with Gasteiger partial charge in [0.15, 0.2) is 0 Å². The van der Waals surface area contributed by atoms with Crippen LogP contribution in [0, 0.1) is 5.92 Å². The molecule has 0 aromatic carbocycles. The molecule has 1 saturated carbocycles.